The van der Waals surface area contributed by atoms with Crippen LogP contribution in [0.1, 0.15) is 13.3 Å². The van der Waals surface area contributed by atoms with Gasteiger partial charge in [0.15, 0.2) is 6.29 Å². The van der Waals surface area contributed by atoms with Crippen LogP contribution in [0.15, 0.2) is 0 Å². The summed E-state index contributed by atoms with van der Waals surface area (Å²) in [5, 5.41) is 0. The van der Waals surface area contributed by atoms with Gasteiger partial charge in [-0.25, -0.2) is 0 Å². The molecule has 0 N–H and O–H groups in total. The minimum Gasteiger partial charge on any atom is -0.351 e. The van der Waals surface area contributed by atoms with Crippen molar-refractivity contribution in [3.8, 4) is 0 Å². The molecule has 0 aromatic carbocycles. The minimum atomic E-state index is -0.171. The summed E-state index contributed by atoms with van der Waals surface area (Å²) < 4.78 is 10.4. The van der Waals surface area contributed by atoms with Gasteiger partial charge in [-0.15, -0.1) is 11.6 Å². The van der Waals surface area contributed by atoms with Crippen molar-refractivity contribution in [1.29, 1.82) is 0 Å². The zero-order chi connectivity index (χ0) is 6.69. The van der Waals surface area contributed by atoms with Crippen LogP contribution in [0, 0.1) is 0 Å². The summed E-state index contributed by atoms with van der Waals surface area (Å²) in [6, 6.07) is 0. The molecule has 2 nitrogen and oxygen atoms in total. The zero-order valence-electron chi connectivity index (χ0n) is 5.47. The number of hydrogen-bond acceptors (Lipinski definition) is 2. The second kappa shape index (κ2) is 3.40. The van der Waals surface area contributed by atoms with Crippen molar-refractivity contribution in [3.05, 3.63) is 0 Å². The predicted molar refractivity (Wildman–Crippen MR) is 35.6 cm³/mol. The molecule has 0 aromatic rings. The number of hydrogen-bond donors (Lipinski definition) is 0. The Morgan fingerprint density at radius 3 is 2.89 bits per heavy atom. The van der Waals surface area contributed by atoms with Crippen LogP contribution in [0.25, 0.3) is 0 Å². The Morgan fingerprint density at radius 1 is 1.67 bits per heavy atom. The second-order valence-electron chi connectivity index (χ2n) is 2.19. The first-order valence-corrected chi connectivity index (χ1v) is 3.69. The van der Waals surface area contributed by atoms with Gasteiger partial charge in [0, 0.05) is 0 Å². The van der Waals surface area contributed by atoms with Crippen molar-refractivity contribution in [2.24, 2.45) is 0 Å². The summed E-state index contributed by atoms with van der Waals surface area (Å²) in [4.78, 5) is 0. The molecular formula is C6H11ClO2. The molecule has 2 atom stereocenters. The van der Waals surface area contributed by atoms with E-state index in [-0.39, 0.29) is 6.29 Å². The van der Waals surface area contributed by atoms with Crippen LogP contribution in [0.3, 0.4) is 0 Å². The quantitative estimate of drug-likeness (QED) is 0.526. The summed E-state index contributed by atoms with van der Waals surface area (Å²) in [5.74, 6) is 0.435. The van der Waals surface area contributed by atoms with Crippen molar-refractivity contribution in [2.45, 2.75) is 25.7 Å². The van der Waals surface area contributed by atoms with Gasteiger partial charge in [-0.1, -0.05) is 0 Å². The smallest absolute Gasteiger partial charge is 0.171 e. The van der Waals surface area contributed by atoms with Crippen LogP contribution in [-0.4, -0.2) is 24.9 Å². The van der Waals surface area contributed by atoms with Gasteiger partial charge < -0.3 is 9.47 Å². The standard InChI is InChI=1S/C6H11ClO2/c1-5-2-3-8-6(4-7)9-5/h5-6H,2-4H2,1H3/t5-,6+/m1/s1. The molecule has 1 aliphatic rings. The van der Waals surface area contributed by atoms with Crippen LogP contribution in [0.4, 0.5) is 0 Å². The highest BCUT2D eigenvalue weighted by molar-refractivity contribution is 6.18. The molecule has 0 unspecified atom stereocenters. The highest BCUT2D eigenvalue weighted by Gasteiger charge is 2.17. The summed E-state index contributed by atoms with van der Waals surface area (Å²) in [6.07, 6.45) is 1.12. The predicted octanol–water partition coefficient (Wildman–Crippen LogP) is 1.38. The fourth-order valence-electron chi connectivity index (χ4n) is 0.813. The van der Waals surface area contributed by atoms with Gasteiger partial charge in [0.25, 0.3) is 0 Å². The zero-order valence-corrected chi connectivity index (χ0v) is 6.23. The Balaban J connectivity index is 2.23. The topological polar surface area (TPSA) is 18.5 Å². The lowest BCUT2D eigenvalue weighted by atomic mass is 10.3. The first-order valence-electron chi connectivity index (χ1n) is 3.16. The van der Waals surface area contributed by atoms with Gasteiger partial charge in [0.2, 0.25) is 0 Å². The van der Waals surface area contributed by atoms with E-state index < -0.39 is 0 Å². The van der Waals surface area contributed by atoms with Gasteiger partial charge in [0.1, 0.15) is 0 Å². The maximum absolute atomic E-state index is 5.50. The third-order valence-electron chi connectivity index (χ3n) is 1.34. The van der Waals surface area contributed by atoms with Gasteiger partial charge in [0.05, 0.1) is 18.6 Å². The lowest BCUT2D eigenvalue weighted by Gasteiger charge is -2.26. The fraction of sp³-hybridized carbons (Fsp3) is 1.00. The molecule has 0 bridgehead atoms. The molecule has 1 rings (SSSR count). The first kappa shape index (κ1) is 7.32. The van der Waals surface area contributed by atoms with Crippen molar-refractivity contribution in [1.82, 2.24) is 0 Å². The lowest BCUT2D eigenvalue weighted by molar-refractivity contribution is -0.195. The van der Waals surface area contributed by atoms with Crippen molar-refractivity contribution < 1.29 is 9.47 Å². The van der Waals surface area contributed by atoms with E-state index >= 15 is 0 Å². The Bertz CT molecular complexity index is 87.1. The van der Waals surface area contributed by atoms with E-state index in [4.69, 9.17) is 21.1 Å². The van der Waals surface area contributed by atoms with Gasteiger partial charge >= 0.3 is 0 Å². The van der Waals surface area contributed by atoms with Crippen LogP contribution >= 0.6 is 11.6 Å². The average molecular weight is 151 g/mol. The molecule has 0 aromatic heterocycles. The molecule has 0 spiro atoms. The summed E-state index contributed by atoms with van der Waals surface area (Å²) in [7, 11) is 0. The molecule has 1 aliphatic heterocycles. The molecule has 9 heavy (non-hydrogen) atoms. The molecule has 54 valence electrons. The molecule has 1 saturated heterocycles. The van der Waals surface area contributed by atoms with Gasteiger partial charge in [-0.2, -0.15) is 0 Å². The van der Waals surface area contributed by atoms with Crippen LogP contribution in [0.2, 0.25) is 0 Å². The van der Waals surface area contributed by atoms with E-state index in [2.05, 4.69) is 0 Å². The maximum Gasteiger partial charge on any atom is 0.171 e. The van der Waals surface area contributed by atoms with Gasteiger partial charge in [-0.3, -0.25) is 0 Å². The summed E-state index contributed by atoms with van der Waals surface area (Å²) in [6.45, 7) is 2.81. The second-order valence-corrected chi connectivity index (χ2v) is 2.50. The molecule has 0 aliphatic carbocycles. The molecule has 0 radical (unpaired) electrons. The lowest BCUT2D eigenvalue weighted by Crippen LogP contribution is -2.31. The maximum atomic E-state index is 5.50. The van der Waals surface area contributed by atoms with E-state index in [0.29, 0.717) is 12.0 Å². The Morgan fingerprint density at radius 2 is 2.44 bits per heavy atom. The van der Waals surface area contributed by atoms with Crippen LogP contribution in [0.5, 0.6) is 0 Å². The highest BCUT2D eigenvalue weighted by Crippen LogP contribution is 2.12. The summed E-state index contributed by atoms with van der Waals surface area (Å²) in [5.41, 5.74) is 0. The molecule has 1 heterocycles. The number of alkyl halides is 1. The molecular weight excluding hydrogens is 140 g/mol. The minimum absolute atomic E-state index is 0.171. The number of halogens is 1. The van der Waals surface area contributed by atoms with Gasteiger partial charge in [-0.05, 0) is 13.3 Å². The largest absolute Gasteiger partial charge is 0.351 e. The molecule has 0 saturated carbocycles. The van der Waals surface area contributed by atoms with Crippen molar-refractivity contribution in [2.75, 3.05) is 12.5 Å². The fourth-order valence-corrected chi connectivity index (χ4v) is 0.975. The summed E-state index contributed by atoms with van der Waals surface area (Å²) >= 11 is 5.50. The molecule has 3 heteroatoms. The SMILES string of the molecule is C[C@@H]1CCO[C@H](CCl)O1. The average Bonchev–Trinajstić information content (AvgIpc) is 1.88. The van der Waals surface area contributed by atoms with Crippen molar-refractivity contribution in [3.63, 3.8) is 0 Å². The normalized spacial score (nSPS) is 36.7. The van der Waals surface area contributed by atoms with Crippen LogP contribution in [-0.2, 0) is 9.47 Å². The van der Waals surface area contributed by atoms with E-state index in [1.807, 2.05) is 6.92 Å². The monoisotopic (exact) mass is 150 g/mol. The molecule has 1 fully saturated rings. The third kappa shape index (κ3) is 2.12. The van der Waals surface area contributed by atoms with Crippen molar-refractivity contribution >= 4 is 11.6 Å². The van der Waals surface area contributed by atoms with E-state index in [9.17, 15) is 0 Å². The Kier molecular flexibility index (Phi) is 2.76. The Labute approximate surface area is 60.1 Å². The van der Waals surface area contributed by atoms with E-state index in [1.165, 1.54) is 0 Å². The van der Waals surface area contributed by atoms with Crippen LogP contribution < -0.4 is 0 Å². The third-order valence-corrected chi connectivity index (χ3v) is 1.59. The highest BCUT2D eigenvalue weighted by atomic mass is 35.5. The van der Waals surface area contributed by atoms with E-state index in [0.717, 1.165) is 13.0 Å². The van der Waals surface area contributed by atoms with E-state index in [1.54, 1.807) is 0 Å². The molecule has 0 amide bonds. The number of rotatable bonds is 1. The Hall–Kier alpha value is 0.210. The number of ether oxygens (including phenoxy) is 2. The first-order chi connectivity index (χ1) is 4.33.